The van der Waals surface area contributed by atoms with Crippen LogP contribution in [0.15, 0.2) is 36.4 Å². The largest absolute Gasteiger partial charge is 0.502 e. The van der Waals surface area contributed by atoms with E-state index in [2.05, 4.69) is 0 Å². The van der Waals surface area contributed by atoms with Crippen molar-refractivity contribution in [2.24, 2.45) is 0 Å². The number of phenolic OH excluding ortho intramolecular Hbond substituents is 1. The van der Waals surface area contributed by atoms with Crippen LogP contribution in [0.25, 0.3) is 22.1 Å². The Labute approximate surface area is 107 Å². The molecule has 3 aromatic rings. The van der Waals surface area contributed by atoms with Gasteiger partial charge in [0, 0.05) is 11.0 Å². The van der Waals surface area contributed by atoms with E-state index in [4.69, 9.17) is 4.74 Å². The lowest BCUT2D eigenvalue weighted by molar-refractivity contribution is -0.433. The first-order valence-corrected chi connectivity index (χ1v) is 5.60. The number of aromatic nitrogens is 2. The highest BCUT2D eigenvalue weighted by Gasteiger charge is 2.23. The average Bonchev–Trinajstić information content (AvgIpc) is 2.43. The van der Waals surface area contributed by atoms with E-state index in [1.54, 1.807) is 24.3 Å². The molecule has 6 nitrogen and oxygen atoms in total. The molecule has 2 N–H and O–H groups in total. The number of rotatable bonds is 1. The van der Waals surface area contributed by atoms with Crippen molar-refractivity contribution in [2.75, 3.05) is 7.11 Å². The van der Waals surface area contributed by atoms with E-state index in [0.29, 0.717) is 10.2 Å². The highest BCUT2D eigenvalue weighted by atomic mass is 16.5. The first-order valence-electron chi connectivity index (χ1n) is 5.60. The monoisotopic (exact) mass is 259 g/mol. The second-order valence-electron chi connectivity index (χ2n) is 4.08. The minimum atomic E-state index is -0.194. The summed E-state index contributed by atoms with van der Waals surface area (Å²) in [6, 6.07) is 9.30. The Balaban J connectivity index is 2.70. The van der Waals surface area contributed by atoms with Crippen LogP contribution in [0, 0.1) is 4.91 Å². The molecule has 0 aliphatic heterocycles. The summed E-state index contributed by atoms with van der Waals surface area (Å²) in [5.74, 6) is 0.176. The van der Waals surface area contributed by atoms with Gasteiger partial charge in [-0.05, 0) is 18.2 Å². The predicted molar refractivity (Wildman–Crippen MR) is 68.2 cm³/mol. The Morgan fingerprint density at radius 3 is 2.68 bits per heavy atom. The van der Waals surface area contributed by atoms with Crippen LogP contribution in [0.2, 0.25) is 0 Å². The first kappa shape index (κ1) is 11.3. The van der Waals surface area contributed by atoms with Crippen LogP contribution in [-0.4, -0.2) is 22.2 Å². The molecule has 0 saturated carbocycles. The molecule has 0 atom stereocenters. The number of hydrogen-bond donors (Lipinski definition) is 2. The van der Waals surface area contributed by atoms with Crippen LogP contribution < -0.4 is 9.16 Å². The van der Waals surface area contributed by atoms with Crippen LogP contribution in [0.3, 0.4) is 0 Å². The molecule has 0 unspecified atom stereocenters. The van der Waals surface area contributed by atoms with Crippen molar-refractivity contribution in [3.63, 3.8) is 0 Å². The van der Waals surface area contributed by atoms with Crippen molar-refractivity contribution in [1.82, 2.24) is 4.73 Å². The summed E-state index contributed by atoms with van der Waals surface area (Å²) in [6.07, 6.45) is 0. The lowest BCUT2D eigenvalue weighted by Gasteiger charge is -2.07. The molecule has 2 aromatic carbocycles. The number of phenols is 1. The van der Waals surface area contributed by atoms with Crippen molar-refractivity contribution in [3.05, 3.63) is 41.3 Å². The fraction of sp³-hybridized carbons (Fsp3) is 0.0769. The molecule has 6 heteroatoms. The van der Waals surface area contributed by atoms with Crippen LogP contribution in [0.4, 0.5) is 0 Å². The van der Waals surface area contributed by atoms with E-state index < -0.39 is 0 Å². The zero-order chi connectivity index (χ0) is 13.6. The maximum atomic E-state index is 12.3. The number of ether oxygens (including phenoxy) is 1. The molecule has 96 valence electrons. The molecule has 0 saturated heterocycles. The van der Waals surface area contributed by atoms with Gasteiger partial charge in [0.1, 0.15) is 0 Å². The van der Waals surface area contributed by atoms with Gasteiger partial charge < -0.3 is 15.1 Å². The van der Waals surface area contributed by atoms with Crippen LogP contribution in [-0.2, 0) is 0 Å². The highest BCUT2D eigenvalue weighted by molar-refractivity contribution is 5.88. The van der Waals surface area contributed by atoms with Crippen molar-refractivity contribution in [1.29, 1.82) is 0 Å². The van der Waals surface area contributed by atoms with Crippen LogP contribution >= 0.6 is 0 Å². The molecule has 3 rings (SSSR count). The molecule has 0 radical (unpaired) electrons. The number of aromatic hydroxyl groups is 1. The van der Waals surface area contributed by atoms with Gasteiger partial charge in [0.25, 0.3) is 5.52 Å². The maximum absolute atomic E-state index is 12.3. The van der Waals surface area contributed by atoms with Gasteiger partial charge >= 0.3 is 5.52 Å². The Morgan fingerprint density at radius 2 is 1.95 bits per heavy atom. The molecular formula is C13H11N2O4+. The molecule has 0 spiro atoms. The smallest absolute Gasteiger partial charge is 0.331 e. The van der Waals surface area contributed by atoms with E-state index in [-0.39, 0.29) is 27.8 Å². The molecule has 0 bridgehead atoms. The molecule has 0 fully saturated rings. The summed E-state index contributed by atoms with van der Waals surface area (Å²) in [5, 5.41) is 20.0. The number of methoxy groups -OCH3 is 1. The Kier molecular flexibility index (Phi) is 2.31. The topological polar surface area (TPSA) is 77.6 Å². The van der Waals surface area contributed by atoms with Gasteiger partial charge in [-0.3, -0.25) is 0 Å². The number of benzene rings is 2. The second-order valence-corrected chi connectivity index (χ2v) is 4.08. The molecular weight excluding hydrogens is 248 g/mol. The minimum absolute atomic E-state index is 0.00533. The van der Waals surface area contributed by atoms with Crippen molar-refractivity contribution >= 4 is 22.1 Å². The van der Waals surface area contributed by atoms with E-state index in [1.807, 2.05) is 0 Å². The summed E-state index contributed by atoms with van der Waals surface area (Å²) in [5.41, 5.74) is 0.659. The zero-order valence-corrected chi connectivity index (χ0v) is 10.1. The summed E-state index contributed by atoms with van der Waals surface area (Å²) in [6.45, 7) is 0. The third kappa shape index (κ3) is 1.43. The summed E-state index contributed by atoms with van der Waals surface area (Å²) >= 11 is 0. The van der Waals surface area contributed by atoms with Gasteiger partial charge in [-0.2, -0.15) is 4.73 Å². The second kappa shape index (κ2) is 3.88. The van der Waals surface area contributed by atoms with E-state index >= 15 is 0 Å². The fourth-order valence-electron chi connectivity index (χ4n) is 2.19. The average molecular weight is 259 g/mol. The summed E-state index contributed by atoms with van der Waals surface area (Å²) in [4.78, 5) is 12.3. The van der Waals surface area contributed by atoms with Gasteiger partial charge in [0.2, 0.25) is 0 Å². The quantitative estimate of drug-likeness (QED) is 0.396. The van der Waals surface area contributed by atoms with Crippen molar-refractivity contribution < 1.29 is 19.5 Å². The molecule has 0 aliphatic rings. The zero-order valence-electron chi connectivity index (χ0n) is 10.1. The Bertz CT molecular complexity index is 854. The number of nitrogens with zero attached hydrogens (tertiary/aromatic N) is 2. The lowest BCUT2D eigenvalue weighted by atomic mass is 10.2. The highest BCUT2D eigenvalue weighted by Crippen LogP contribution is 2.28. The molecule has 0 aliphatic carbocycles. The van der Waals surface area contributed by atoms with Gasteiger partial charge in [-0.1, -0.05) is 12.1 Å². The molecule has 1 heterocycles. The standard InChI is InChI=1S/C13H10N2O4/c1-19-11-7-3-5-9-13(11)15(18)8-4-2-6-10(16)12(8)14(9)17/h2-7,18H,1H3/p+1. The maximum Gasteiger partial charge on any atom is 0.331 e. The van der Waals surface area contributed by atoms with Crippen LogP contribution in [0.5, 0.6) is 11.5 Å². The SMILES string of the molecule is COc1cccc2c1n(O)c1cccc(O)c1[n+]2=O. The van der Waals surface area contributed by atoms with Crippen molar-refractivity contribution in [2.45, 2.75) is 0 Å². The van der Waals surface area contributed by atoms with Gasteiger partial charge in [-0.15, -0.1) is 0 Å². The van der Waals surface area contributed by atoms with Crippen LogP contribution in [0.1, 0.15) is 0 Å². The Hall–Kier alpha value is -2.76. The van der Waals surface area contributed by atoms with Gasteiger partial charge in [-0.25, -0.2) is 0 Å². The summed E-state index contributed by atoms with van der Waals surface area (Å²) < 4.78 is 6.57. The molecule has 1 aromatic heterocycles. The first-order chi connectivity index (χ1) is 9.15. The summed E-state index contributed by atoms with van der Waals surface area (Å²) in [7, 11) is 1.45. The fourth-order valence-corrected chi connectivity index (χ4v) is 2.19. The number of hydrogen-bond acceptors (Lipinski definition) is 4. The van der Waals surface area contributed by atoms with E-state index in [0.717, 1.165) is 4.73 Å². The third-order valence-electron chi connectivity index (χ3n) is 3.05. The molecule has 0 amide bonds. The van der Waals surface area contributed by atoms with E-state index in [1.165, 1.54) is 19.2 Å². The molecule has 19 heavy (non-hydrogen) atoms. The minimum Gasteiger partial charge on any atom is -0.502 e. The lowest BCUT2D eigenvalue weighted by Crippen LogP contribution is -2.20. The normalized spacial score (nSPS) is 11.0. The third-order valence-corrected chi connectivity index (χ3v) is 3.05. The predicted octanol–water partition coefficient (Wildman–Crippen LogP) is 1.66. The Morgan fingerprint density at radius 1 is 1.21 bits per heavy atom. The van der Waals surface area contributed by atoms with Gasteiger partial charge in [0.15, 0.2) is 22.5 Å². The van der Waals surface area contributed by atoms with E-state index in [9.17, 15) is 15.2 Å². The van der Waals surface area contributed by atoms with Crippen molar-refractivity contribution in [3.8, 4) is 11.5 Å². The number of para-hydroxylation sites is 2. The number of fused-ring (bicyclic) bond motifs is 2. The van der Waals surface area contributed by atoms with Gasteiger partial charge in [0.05, 0.1) is 11.5 Å².